The number of ether oxygens (including phenoxy) is 4. The summed E-state index contributed by atoms with van der Waals surface area (Å²) in [6.07, 6.45) is 8.10. The van der Waals surface area contributed by atoms with Gasteiger partial charge in [0, 0.05) is 46.2 Å². The molecule has 1 aliphatic heterocycles. The van der Waals surface area contributed by atoms with E-state index < -0.39 is 0 Å². The molecule has 2 aliphatic rings. The fourth-order valence-corrected chi connectivity index (χ4v) is 3.42. The molecule has 0 bridgehead atoms. The molecule has 1 saturated carbocycles. The van der Waals surface area contributed by atoms with Gasteiger partial charge in [0.25, 0.3) is 0 Å². The minimum atomic E-state index is 0. The average Bonchev–Trinajstić information content (AvgIpc) is 2.85. The molecule has 0 amide bonds. The summed E-state index contributed by atoms with van der Waals surface area (Å²) in [5.41, 5.74) is 0.739. The Bertz CT molecular complexity index is 665. The first kappa shape index (κ1) is 33.0. The van der Waals surface area contributed by atoms with Crippen LogP contribution in [0.4, 0.5) is 5.95 Å². The SMILES string of the molecule is CC.CCCOCC.CCOCC#Cc1ccnc(N2CCC(OC3CC(OC)C3)CC2)n1.I. The fourth-order valence-electron chi connectivity index (χ4n) is 3.42. The zero-order chi connectivity index (χ0) is 24.3. The summed E-state index contributed by atoms with van der Waals surface area (Å²) in [5, 5.41) is 0. The summed E-state index contributed by atoms with van der Waals surface area (Å²) in [6.45, 7) is 14.8. The van der Waals surface area contributed by atoms with Gasteiger partial charge in [0.15, 0.2) is 0 Å². The molecule has 0 spiro atoms. The molecule has 196 valence electrons. The Morgan fingerprint density at radius 1 is 1.00 bits per heavy atom. The molecule has 1 aliphatic carbocycles. The maximum atomic E-state index is 6.16. The van der Waals surface area contributed by atoms with Crippen LogP contribution in [0.5, 0.6) is 0 Å². The summed E-state index contributed by atoms with van der Waals surface area (Å²) >= 11 is 0. The molecule has 8 heteroatoms. The maximum Gasteiger partial charge on any atom is 0.226 e. The minimum absolute atomic E-state index is 0. The molecule has 0 aromatic carbocycles. The van der Waals surface area contributed by atoms with Crippen LogP contribution >= 0.6 is 24.0 Å². The monoisotopic (exact) mass is 591 g/mol. The van der Waals surface area contributed by atoms with E-state index in [1.807, 2.05) is 33.8 Å². The van der Waals surface area contributed by atoms with Crippen LogP contribution in [0.2, 0.25) is 0 Å². The lowest BCUT2D eigenvalue weighted by molar-refractivity contribution is -0.119. The molecular weight excluding hydrogens is 545 g/mol. The van der Waals surface area contributed by atoms with Crippen molar-refractivity contribution in [2.75, 3.05) is 51.5 Å². The second kappa shape index (κ2) is 21.3. The number of hydrogen-bond donors (Lipinski definition) is 0. The van der Waals surface area contributed by atoms with Crippen LogP contribution in [-0.2, 0) is 18.9 Å². The van der Waals surface area contributed by atoms with Gasteiger partial charge >= 0.3 is 0 Å². The summed E-state index contributed by atoms with van der Waals surface area (Å²) in [6, 6.07) is 1.83. The van der Waals surface area contributed by atoms with E-state index in [1.54, 1.807) is 13.3 Å². The standard InChI is InChI=1S/C19H27N3O3.C5H12O.C2H6.HI/c1-3-24-12-4-5-15-6-9-20-19(21-15)22-10-7-16(8-11-22)25-18-13-17(14-18)23-2;1-3-5-6-4-2;1-2;/h6,9,16-18H,3,7-8,10-14H2,1-2H3;3-5H2,1-2H3;1-2H3;1H. The Hall–Kier alpha value is -0.990. The lowest BCUT2D eigenvalue weighted by Gasteiger charge is -2.39. The van der Waals surface area contributed by atoms with Gasteiger partial charge in [0.05, 0.1) is 18.3 Å². The predicted octanol–water partition coefficient (Wildman–Crippen LogP) is 5.10. The smallest absolute Gasteiger partial charge is 0.226 e. The van der Waals surface area contributed by atoms with Crippen molar-refractivity contribution in [3.8, 4) is 11.8 Å². The van der Waals surface area contributed by atoms with Gasteiger partial charge in [0.2, 0.25) is 5.95 Å². The van der Waals surface area contributed by atoms with Crippen LogP contribution in [0, 0.1) is 11.8 Å². The number of aromatic nitrogens is 2. The van der Waals surface area contributed by atoms with Crippen molar-refractivity contribution in [3.63, 3.8) is 0 Å². The summed E-state index contributed by atoms with van der Waals surface area (Å²) < 4.78 is 21.7. The molecule has 34 heavy (non-hydrogen) atoms. The van der Waals surface area contributed by atoms with E-state index in [2.05, 4.69) is 33.6 Å². The Balaban J connectivity index is 0.00000106. The summed E-state index contributed by atoms with van der Waals surface area (Å²) in [5.74, 6) is 6.76. The van der Waals surface area contributed by atoms with Crippen molar-refractivity contribution in [2.45, 2.75) is 85.0 Å². The largest absolute Gasteiger partial charge is 0.382 e. The van der Waals surface area contributed by atoms with E-state index in [1.165, 1.54) is 0 Å². The van der Waals surface area contributed by atoms with Crippen LogP contribution in [0.15, 0.2) is 12.3 Å². The number of anilines is 1. The van der Waals surface area contributed by atoms with E-state index in [4.69, 9.17) is 18.9 Å². The van der Waals surface area contributed by atoms with Crippen molar-refractivity contribution in [1.29, 1.82) is 0 Å². The highest BCUT2D eigenvalue weighted by molar-refractivity contribution is 14.0. The topological polar surface area (TPSA) is 65.9 Å². The van der Waals surface area contributed by atoms with Crippen molar-refractivity contribution < 1.29 is 18.9 Å². The van der Waals surface area contributed by atoms with Crippen LogP contribution in [-0.4, -0.2) is 74.9 Å². The highest BCUT2D eigenvalue weighted by Crippen LogP contribution is 2.29. The number of nitrogens with zero attached hydrogens (tertiary/aromatic N) is 3. The van der Waals surface area contributed by atoms with Gasteiger partial charge in [0.1, 0.15) is 12.3 Å². The zero-order valence-electron chi connectivity index (χ0n) is 22.0. The van der Waals surface area contributed by atoms with Gasteiger partial charge in [-0.15, -0.1) is 24.0 Å². The van der Waals surface area contributed by atoms with Crippen LogP contribution < -0.4 is 4.90 Å². The molecule has 1 saturated heterocycles. The third-order valence-corrected chi connectivity index (χ3v) is 5.28. The van der Waals surface area contributed by atoms with Crippen molar-refractivity contribution in [2.24, 2.45) is 0 Å². The van der Waals surface area contributed by atoms with Crippen LogP contribution in [0.25, 0.3) is 0 Å². The van der Waals surface area contributed by atoms with Gasteiger partial charge in [-0.2, -0.15) is 0 Å². The molecular formula is C26H46IN3O4. The predicted molar refractivity (Wildman–Crippen MR) is 149 cm³/mol. The highest BCUT2D eigenvalue weighted by atomic mass is 127. The van der Waals surface area contributed by atoms with Gasteiger partial charge in [-0.25, -0.2) is 9.97 Å². The van der Waals surface area contributed by atoms with Gasteiger partial charge < -0.3 is 23.8 Å². The molecule has 1 aromatic rings. The fraction of sp³-hybridized carbons (Fsp3) is 0.769. The molecule has 0 N–H and O–H groups in total. The number of rotatable bonds is 9. The van der Waals surface area contributed by atoms with Gasteiger partial charge in [-0.1, -0.05) is 26.7 Å². The first-order valence-corrected chi connectivity index (χ1v) is 12.6. The number of methoxy groups -OCH3 is 1. The van der Waals surface area contributed by atoms with Crippen molar-refractivity contribution in [1.82, 2.24) is 9.97 Å². The van der Waals surface area contributed by atoms with E-state index in [0.29, 0.717) is 31.5 Å². The van der Waals surface area contributed by atoms with Crippen molar-refractivity contribution >= 4 is 29.9 Å². The maximum absolute atomic E-state index is 6.16. The molecule has 0 unspecified atom stereocenters. The highest BCUT2D eigenvalue weighted by Gasteiger charge is 2.33. The molecule has 2 heterocycles. The van der Waals surface area contributed by atoms with E-state index in [-0.39, 0.29) is 24.0 Å². The molecule has 0 atom stereocenters. The van der Waals surface area contributed by atoms with E-state index >= 15 is 0 Å². The normalized spacial score (nSPS) is 19.2. The molecule has 0 radical (unpaired) electrons. The molecule has 3 rings (SSSR count). The third kappa shape index (κ3) is 13.2. The summed E-state index contributed by atoms with van der Waals surface area (Å²) in [7, 11) is 1.77. The number of halogens is 1. The number of piperidine rings is 1. The van der Waals surface area contributed by atoms with Crippen molar-refractivity contribution in [3.05, 3.63) is 18.0 Å². The molecule has 1 aromatic heterocycles. The zero-order valence-corrected chi connectivity index (χ0v) is 24.4. The third-order valence-electron chi connectivity index (χ3n) is 5.28. The first-order valence-electron chi connectivity index (χ1n) is 12.6. The van der Waals surface area contributed by atoms with Crippen LogP contribution in [0.3, 0.4) is 0 Å². The second-order valence-corrected chi connectivity index (χ2v) is 7.65. The minimum Gasteiger partial charge on any atom is -0.382 e. The Morgan fingerprint density at radius 3 is 2.24 bits per heavy atom. The van der Waals surface area contributed by atoms with Crippen LogP contribution in [0.1, 0.15) is 72.4 Å². The second-order valence-electron chi connectivity index (χ2n) is 7.65. The average molecular weight is 592 g/mol. The van der Waals surface area contributed by atoms with E-state index in [0.717, 1.165) is 70.0 Å². The quantitative estimate of drug-likeness (QED) is 0.225. The van der Waals surface area contributed by atoms with Gasteiger partial charge in [-0.05, 0) is 57.9 Å². The molecule has 7 nitrogen and oxygen atoms in total. The Kier molecular flexibility index (Phi) is 20.7. The summed E-state index contributed by atoms with van der Waals surface area (Å²) in [4.78, 5) is 11.2. The van der Waals surface area contributed by atoms with Gasteiger partial charge in [-0.3, -0.25) is 0 Å². The molecule has 2 fully saturated rings. The Labute approximate surface area is 224 Å². The first-order chi connectivity index (χ1) is 16.2. The lowest BCUT2D eigenvalue weighted by Crippen LogP contribution is -2.43. The lowest BCUT2D eigenvalue weighted by atomic mass is 9.91. The number of hydrogen-bond acceptors (Lipinski definition) is 7. The Morgan fingerprint density at radius 2 is 1.68 bits per heavy atom. The van der Waals surface area contributed by atoms with E-state index in [9.17, 15) is 0 Å².